The van der Waals surface area contributed by atoms with Crippen molar-refractivity contribution in [2.75, 3.05) is 7.11 Å². The van der Waals surface area contributed by atoms with Gasteiger partial charge in [-0.3, -0.25) is 0 Å². The van der Waals surface area contributed by atoms with E-state index in [0.717, 1.165) is 0 Å². The largest absolute Gasteiger partial charge is 0.495 e. The first kappa shape index (κ1) is 10.8. The predicted molar refractivity (Wildman–Crippen MR) is 45.3 cm³/mol. The maximum atomic E-state index is 12.4. The third kappa shape index (κ3) is 1.97. The Morgan fingerprint density at radius 1 is 1.29 bits per heavy atom. The summed E-state index contributed by atoms with van der Waals surface area (Å²) >= 11 is 0. The lowest BCUT2D eigenvalue weighted by Crippen LogP contribution is -2.11. The van der Waals surface area contributed by atoms with Crippen LogP contribution in [0.2, 0.25) is 0 Å². The minimum atomic E-state index is -4.40. The van der Waals surface area contributed by atoms with Crippen molar-refractivity contribution >= 4 is 0 Å². The van der Waals surface area contributed by atoms with E-state index >= 15 is 0 Å². The fourth-order valence-electron chi connectivity index (χ4n) is 1.17. The van der Waals surface area contributed by atoms with Crippen LogP contribution in [0.4, 0.5) is 13.2 Å². The molecule has 0 spiro atoms. The van der Waals surface area contributed by atoms with Gasteiger partial charge in [-0.2, -0.15) is 13.2 Å². The zero-order valence-corrected chi connectivity index (χ0v) is 8.07. The number of nitrogens with zero attached hydrogens (tertiary/aromatic N) is 1. The second-order valence-electron chi connectivity index (χ2n) is 2.94. The second-order valence-corrected chi connectivity index (χ2v) is 2.94. The average molecular weight is 205 g/mol. The average Bonchev–Trinajstić information content (AvgIpc) is 2.06. The van der Waals surface area contributed by atoms with Gasteiger partial charge in [0, 0.05) is 0 Å². The van der Waals surface area contributed by atoms with Crippen LogP contribution < -0.4 is 4.74 Å². The Hall–Kier alpha value is -1.26. The first-order valence-corrected chi connectivity index (χ1v) is 3.95. The standard InChI is InChI=1S/C9H10F3NO/c1-5-4-7(14-3)6(2)13-8(5)9(10,11)12/h4H,1-3H3. The molecule has 0 aliphatic heterocycles. The van der Waals surface area contributed by atoms with Gasteiger partial charge in [0.15, 0.2) is 0 Å². The molecule has 0 aliphatic carbocycles. The zero-order valence-electron chi connectivity index (χ0n) is 8.07. The number of aryl methyl sites for hydroxylation is 2. The fraction of sp³-hybridized carbons (Fsp3) is 0.444. The Morgan fingerprint density at radius 2 is 1.86 bits per heavy atom. The number of methoxy groups -OCH3 is 1. The van der Waals surface area contributed by atoms with Gasteiger partial charge in [0.05, 0.1) is 12.8 Å². The number of hydrogen-bond donors (Lipinski definition) is 0. The summed E-state index contributed by atoms with van der Waals surface area (Å²) in [5.41, 5.74) is -0.541. The first-order chi connectivity index (χ1) is 6.36. The Balaban J connectivity index is 3.29. The van der Waals surface area contributed by atoms with Crippen LogP contribution in [-0.4, -0.2) is 12.1 Å². The molecule has 1 aromatic rings. The molecule has 0 radical (unpaired) electrons. The summed E-state index contributed by atoms with van der Waals surface area (Å²) in [6, 6.07) is 1.34. The number of alkyl halides is 3. The van der Waals surface area contributed by atoms with Gasteiger partial charge in [0.2, 0.25) is 0 Å². The quantitative estimate of drug-likeness (QED) is 0.703. The van der Waals surface area contributed by atoms with Crippen LogP contribution in [0.3, 0.4) is 0 Å². The lowest BCUT2D eigenvalue weighted by Gasteiger charge is -2.12. The molecule has 78 valence electrons. The normalized spacial score (nSPS) is 11.6. The van der Waals surface area contributed by atoms with Crippen molar-refractivity contribution in [1.29, 1.82) is 0 Å². The Bertz CT molecular complexity index is 347. The van der Waals surface area contributed by atoms with Gasteiger partial charge in [0.25, 0.3) is 0 Å². The molecule has 0 aromatic carbocycles. The van der Waals surface area contributed by atoms with Crippen molar-refractivity contribution < 1.29 is 17.9 Å². The zero-order chi connectivity index (χ0) is 10.9. The highest BCUT2D eigenvalue weighted by atomic mass is 19.4. The number of halogens is 3. The Morgan fingerprint density at radius 3 is 2.29 bits per heavy atom. The topological polar surface area (TPSA) is 22.1 Å². The van der Waals surface area contributed by atoms with Gasteiger partial charge in [0.1, 0.15) is 11.4 Å². The summed E-state index contributed by atoms with van der Waals surface area (Å²) in [6.07, 6.45) is -4.40. The molecule has 1 rings (SSSR count). The maximum absolute atomic E-state index is 12.4. The predicted octanol–water partition coefficient (Wildman–Crippen LogP) is 2.73. The van der Waals surface area contributed by atoms with E-state index in [1.807, 2.05) is 0 Å². The molecule has 14 heavy (non-hydrogen) atoms. The van der Waals surface area contributed by atoms with E-state index in [0.29, 0.717) is 5.75 Å². The molecule has 0 saturated carbocycles. The highest BCUT2D eigenvalue weighted by Crippen LogP contribution is 2.32. The van der Waals surface area contributed by atoms with Crippen LogP contribution in [0.1, 0.15) is 17.0 Å². The van der Waals surface area contributed by atoms with Gasteiger partial charge in [-0.05, 0) is 25.5 Å². The summed E-state index contributed by atoms with van der Waals surface area (Å²) in [5, 5.41) is 0. The summed E-state index contributed by atoms with van der Waals surface area (Å²) in [7, 11) is 1.40. The first-order valence-electron chi connectivity index (χ1n) is 3.95. The molecule has 1 aromatic heterocycles. The number of ether oxygens (including phenoxy) is 1. The van der Waals surface area contributed by atoms with Crippen LogP contribution in [-0.2, 0) is 6.18 Å². The number of aromatic nitrogens is 1. The summed E-state index contributed by atoms with van der Waals surface area (Å²) in [6.45, 7) is 2.84. The van der Waals surface area contributed by atoms with Gasteiger partial charge in [-0.15, -0.1) is 0 Å². The van der Waals surface area contributed by atoms with Gasteiger partial charge >= 0.3 is 6.18 Å². The Kier molecular flexibility index (Phi) is 2.69. The van der Waals surface area contributed by atoms with Crippen molar-refractivity contribution in [2.24, 2.45) is 0 Å². The van der Waals surface area contributed by atoms with E-state index in [-0.39, 0.29) is 11.3 Å². The number of rotatable bonds is 1. The molecule has 0 aliphatic rings. The van der Waals surface area contributed by atoms with Crippen LogP contribution in [0.5, 0.6) is 5.75 Å². The second kappa shape index (κ2) is 3.48. The molecule has 0 fully saturated rings. The van der Waals surface area contributed by atoms with Crippen molar-refractivity contribution in [2.45, 2.75) is 20.0 Å². The molecule has 0 bridgehead atoms. The van der Waals surface area contributed by atoms with E-state index in [1.165, 1.54) is 27.0 Å². The lowest BCUT2D eigenvalue weighted by molar-refractivity contribution is -0.141. The SMILES string of the molecule is COc1cc(C)c(C(F)(F)F)nc1C. The van der Waals surface area contributed by atoms with Crippen molar-refractivity contribution in [3.05, 3.63) is 23.0 Å². The van der Waals surface area contributed by atoms with Crippen molar-refractivity contribution in [3.63, 3.8) is 0 Å². The third-order valence-electron chi connectivity index (χ3n) is 1.85. The molecular formula is C9H10F3NO. The minimum absolute atomic E-state index is 0.0694. The van der Waals surface area contributed by atoms with Gasteiger partial charge in [-0.25, -0.2) is 4.98 Å². The number of pyridine rings is 1. The molecule has 0 unspecified atom stereocenters. The summed E-state index contributed by atoms with van der Waals surface area (Å²) in [4.78, 5) is 3.46. The highest BCUT2D eigenvalue weighted by molar-refractivity contribution is 5.35. The molecule has 0 amide bonds. The maximum Gasteiger partial charge on any atom is 0.433 e. The van der Waals surface area contributed by atoms with E-state index in [4.69, 9.17) is 4.74 Å². The lowest BCUT2D eigenvalue weighted by atomic mass is 10.2. The van der Waals surface area contributed by atoms with Crippen LogP contribution >= 0.6 is 0 Å². The molecule has 0 atom stereocenters. The number of hydrogen-bond acceptors (Lipinski definition) is 2. The van der Waals surface area contributed by atoms with Gasteiger partial charge < -0.3 is 4.74 Å². The smallest absolute Gasteiger partial charge is 0.433 e. The van der Waals surface area contributed by atoms with E-state index in [2.05, 4.69) is 4.98 Å². The monoisotopic (exact) mass is 205 g/mol. The van der Waals surface area contributed by atoms with E-state index in [1.54, 1.807) is 0 Å². The Labute approximate surface area is 79.7 Å². The van der Waals surface area contributed by atoms with E-state index in [9.17, 15) is 13.2 Å². The molecule has 1 heterocycles. The fourth-order valence-corrected chi connectivity index (χ4v) is 1.17. The van der Waals surface area contributed by atoms with Crippen LogP contribution in [0.25, 0.3) is 0 Å². The molecule has 0 N–H and O–H groups in total. The third-order valence-corrected chi connectivity index (χ3v) is 1.85. The molecular weight excluding hydrogens is 195 g/mol. The minimum Gasteiger partial charge on any atom is -0.495 e. The van der Waals surface area contributed by atoms with Crippen LogP contribution in [0.15, 0.2) is 6.07 Å². The van der Waals surface area contributed by atoms with Crippen LogP contribution in [0, 0.1) is 13.8 Å². The van der Waals surface area contributed by atoms with Crippen molar-refractivity contribution in [1.82, 2.24) is 4.98 Å². The van der Waals surface area contributed by atoms with E-state index < -0.39 is 11.9 Å². The molecule has 5 heteroatoms. The molecule has 2 nitrogen and oxygen atoms in total. The molecule has 0 saturated heterocycles. The highest BCUT2D eigenvalue weighted by Gasteiger charge is 2.34. The van der Waals surface area contributed by atoms with Crippen molar-refractivity contribution in [3.8, 4) is 5.75 Å². The summed E-state index contributed by atoms with van der Waals surface area (Å²) in [5.74, 6) is 0.371. The summed E-state index contributed by atoms with van der Waals surface area (Å²) < 4.78 is 41.9. The van der Waals surface area contributed by atoms with Gasteiger partial charge in [-0.1, -0.05) is 0 Å².